The summed E-state index contributed by atoms with van der Waals surface area (Å²) >= 11 is 10.5. The van der Waals surface area contributed by atoms with E-state index in [2.05, 4.69) is 15.5 Å². The second-order valence-electron chi connectivity index (χ2n) is 9.73. The van der Waals surface area contributed by atoms with Crippen molar-refractivity contribution < 1.29 is 19.1 Å². The number of hydrogen-bond acceptors (Lipinski definition) is 10. The number of hydrazone groups is 1. The minimum absolute atomic E-state index is 0.0320. The molecule has 10 nitrogen and oxygen atoms in total. The zero-order valence-corrected chi connectivity index (χ0v) is 27.4. The molecule has 1 aliphatic rings. The van der Waals surface area contributed by atoms with Crippen molar-refractivity contribution in [3.63, 3.8) is 0 Å². The van der Waals surface area contributed by atoms with Gasteiger partial charge in [-0.1, -0.05) is 53.7 Å². The van der Waals surface area contributed by atoms with Crippen LogP contribution in [0.3, 0.4) is 0 Å². The van der Waals surface area contributed by atoms with Crippen molar-refractivity contribution in [2.45, 2.75) is 24.2 Å². The van der Waals surface area contributed by atoms with Crippen molar-refractivity contribution in [3.05, 3.63) is 104 Å². The molecule has 0 radical (unpaired) electrons. The summed E-state index contributed by atoms with van der Waals surface area (Å²) in [6, 6.07) is 20.0. The number of nitrogens with one attached hydrogen (secondary N) is 1. The fourth-order valence-electron chi connectivity index (χ4n) is 4.98. The van der Waals surface area contributed by atoms with Crippen LogP contribution in [0.4, 0.5) is 0 Å². The SMILES string of the molecule is COc1cccc(C2CC(c3cccs3)=NN2C(=O)CSc2nnc(CNC(=O)c3cccs3)n2-c2cccc(Cl)c2)c1OC. The summed E-state index contributed by atoms with van der Waals surface area (Å²) in [6.45, 7) is 0.128. The lowest BCUT2D eigenvalue weighted by atomic mass is 9.99. The van der Waals surface area contributed by atoms with Crippen LogP contribution in [-0.2, 0) is 11.3 Å². The summed E-state index contributed by atoms with van der Waals surface area (Å²) in [4.78, 5) is 28.2. The number of methoxy groups -OCH3 is 2. The largest absolute Gasteiger partial charge is 0.493 e. The van der Waals surface area contributed by atoms with E-state index in [1.807, 2.05) is 59.3 Å². The molecule has 2 amide bonds. The van der Waals surface area contributed by atoms with E-state index in [-0.39, 0.29) is 24.1 Å². The lowest BCUT2D eigenvalue weighted by Crippen LogP contribution is -2.29. The van der Waals surface area contributed by atoms with E-state index in [0.717, 1.165) is 16.2 Å². The maximum Gasteiger partial charge on any atom is 0.261 e. The normalized spacial score (nSPS) is 14.3. The Morgan fingerprint density at radius 3 is 2.58 bits per heavy atom. The van der Waals surface area contributed by atoms with Crippen LogP contribution in [0.25, 0.3) is 5.69 Å². The summed E-state index contributed by atoms with van der Waals surface area (Å²) < 4.78 is 13.1. The molecular formula is C31H27ClN6O4S3. The molecule has 45 heavy (non-hydrogen) atoms. The number of ether oxygens (including phenoxy) is 2. The van der Waals surface area contributed by atoms with Gasteiger partial charge in [0.1, 0.15) is 0 Å². The Hall–Kier alpha value is -4.17. The molecule has 1 N–H and O–H groups in total. The lowest BCUT2D eigenvalue weighted by Gasteiger charge is -2.24. The minimum Gasteiger partial charge on any atom is -0.493 e. The number of hydrogen-bond donors (Lipinski definition) is 1. The van der Waals surface area contributed by atoms with Gasteiger partial charge < -0.3 is 14.8 Å². The summed E-state index contributed by atoms with van der Waals surface area (Å²) in [5.74, 6) is 1.25. The Labute approximate surface area is 276 Å². The van der Waals surface area contributed by atoms with Gasteiger partial charge in [-0.05, 0) is 47.2 Å². The van der Waals surface area contributed by atoms with Gasteiger partial charge in [0.2, 0.25) is 0 Å². The van der Waals surface area contributed by atoms with Crippen molar-refractivity contribution in [2.24, 2.45) is 5.10 Å². The van der Waals surface area contributed by atoms with Crippen LogP contribution in [0.15, 0.2) is 87.7 Å². The smallest absolute Gasteiger partial charge is 0.261 e. The van der Waals surface area contributed by atoms with Gasteiger partial charge in [-0.2, -0.15) is 5.10 Å². The molecule has 0 fully saturated rings. The molecule has 4 heterocycles. The standard InChI is InChI=1S/C31H27ClN6O4S3/c1-41-24-10-4-9-21(29(24)42-2)23-16-22(25-11-5-13-43-25)36-38(23)28(39)18-45-31-35-34-27(17-33-30(40)26-12-6-14-44-26)37(31)20-8-3-7-19(32)15-20/h3-15,23H,16-18H2,1-2H3,(H,33,40). The second kappa shape index (κ2) is 13.9. The van der Waals surface area contributed by atoms with Gasteiger partial charge in [0.15, 0.2) is 22.5 Å². The van der Waals surface area contributed by atoms with Crippen LogP contribution in [0.5, 0.6) is 11.5 Å². The highest BCUT2D eigenvalue weighted by Gasteiger charge is 2.36. The summed E-state index contributed by atoms with van der Waals surface area (Å²) in [5, 5.41) is 22.8. The first-order valence-corrected chi connectivity index (χ1v) is 16.9. The molecule has 230 valence electrons. The number of aromatic nitrogens is 3. The van der Waals surface area contributed by atoms with Gasteiger partial charge in [-0.25, -0.2) is 5.01 Å². The first-order chi connectivity index (χ1) is 22.0. The molecule has 0 aliphatic carbocycles. The van der Waals surface area contributed by atoms with E-state index >= 15 is 0 Å². The predicted octanol–water partition coefficient (Wildman–Crippen LogP) is 6.46. The van der Waals surface area contributed by atoms with E-state index in [4.69, 9.17) is 26.2 Å². The molecule has 0 bridgehead atoms. The highest BCUT2D eigenvalue weighted by Crippen LogP contribution is 2.42. The Morgan fingerprint density at radius 1 is 1.02 bits per heavy atom. The molecule has 0 saturated carbocycles. The minimum atomic E-state index is -0.394. The number of amides is 2. The van der Waals surface area contributed by atoms with Crippen LogP contribution in [-0.4, -0.2) is 57.3 Å². The zero-order valence-electron chi connectivity index (χ0n) is 24.2. The van der Waals surface area contributed by atoms with Crippen molar-refractivity contribution in [3.8, 4) is 17.2 Å². The first kappa shape index (κ1) is 30.8. The van der Waals surface area contributed by atoms with Crippen molar-refractivity contribution in [1.29, 1.82) is 0 Å². The molecule has 5 aromatic rings. The van der Waals surface area contributed by atoms with Crippen molar-refractivity contribution >= 4 is 63.6 Å². The maximum atomic E-state index is 13.9. The molecule has 1 atom stereocenters. The van der Waals surface area contributed by atoms with Gasteiger partial charge in [0.05, 0.1) is 53.7 Å². The molecular weight excluding hydrogens is 652 g/mol. The average Bonchev–Trinajstić information content (AvgIpc) is 3.89. The fourth-order valence-corrected chi connectivity index (χ4v) is 7.35. The number of carbonyl (C=O) groups is 2. The van der Waals surface area contributed by atoms with Crippen LogP contribution in [0.2, 0.25) is 5.02 Å². The van der Waals surface area contributed by atoms with Crippen molar-refractivity contribution in [2.75, 3.05) is 20.0 Å². The highest BCUT2D eigenvalue weighted by atomic mass is 35.5. The molecule has 1 unspecified atom stereocenters. The number of benzene rings is 2. The molecule has 2 aromatic carbocycles. The maximum absolute atomic E-state index is 13.9. The number of nitrogens with zero attached hydrogens (tertiary/aromatic N) is 5. The average molecular weight is 679 g/mol. The number of thioether (sulfide) groups is 1. The zero-order chi connectivity index (χ0) is 31.3. The lowest BCUT2D eigenvalue weighted by molar-refractivity contribution is -0.130. The first-order valence-electron chi connectivity index (χ1n) is 13.8. The van der Waals surface area contributed by atoms with E-state index in [0.29, 0.717) is 44.5 Å². The Balaban J connectivity index is 1.27. The summed E-state index contributed by atoms with van der Waals surface area (Å²) in [6.07, 6.45) is 0.521. The number of rotatable bonds is 11. The van der Waals surface area contributed by atoms with Gasteiger partial charge in [0, 0.05) is 17.0 Å². The third-order valence-corrected chi connectivity index (χ3v) is 9.94. The summed E-state index contributed by atoms with van der Waals surface area (Å²) in [5.41, 5.74) is 2.33. The van der Waals surface area contributed by atoms with Gasteiger partial charge in [0.25, 0.3) is 11.8 Å². The third kappa shape index (κ3) is 6.61. The fraction of sp³-hybridized carbons (Fsp3) is 0.194. The van der Waals surface area contributed by atoms with Crippen LogP contribution in [0, 0.1) is 0 Å². The van der Waals surface area contributed by atoms with Crippen molar-refractivity contribution in [1.82, 2.24) is 25.1 Å². The monoisotopic (exact) mass is 678 g/mol. The Bertz CT molecular complexity index is 1840. The van der Waals surface area contributed by atoms with Crippen LogP contribution < -0.4 is 14.8 Å². The molecule has 14 heteroatoms. The van der Waals surface area contributed by atoms with Crippen LogP contribution in [0.1, 0.15) is 38.4 Å². The van der Waals surface area contributed by atoms with Gasteiger partial charge in [-0.15, -0.1) is 32.9 Å². The van der Waals surface area contributed by atoms with Gasteiger partial charge >= 0.3 is 0 Å². The Morgan fingerprint density at radius 2 is 1.84 bits per heavy atom. The Kier molecular flexibility index (Phi) is 9.50. The highest BCUT2D eigenvalue weighted by molar-refractivity contribution is 7.99. The van der Waals surface area contributed by atoms with E-state index < -0.39 is 6.04 Å². The predicted molar refractivity (Wildman–Crippen MR) is 177 cm³/mol. The number of para-hydroxylation sites is 1. The van der Waals surface area contributed by atoms with E-state index in [9.17, 15) is 9.59 Å². The molecule has 1 aliphatic heterocycles. The number of carbonyl (C=O) groups excluding carboxylic acids is 2. The topological polar surface area (TPSA) is 111 Å². The quantitative estimate of drug-likeness (QED) is 0.160. The molecule has 6 rings (SSSR count). The number of halogens is 1. The van der Waals surface area contributed by atoms with E-state index in [1.165, 1.54) is 28.1 Å². The molecule has 3 aromatic heterocycles. The molecule has 0 saturated heterocycles. The second-order valence-corrected chi connectivity index (χ2v) is 13.0. The number of thiophene rings is 2. The van der Waals surface area contributed by atoms with Gasteiger partial charge in [-0.3, -0.25) is 14.2 Å². The molecule has 0 spiro atoms. The van der Waals surface area contributed by atoms with E-state index in [1.54, 1.807) is 48.3 Å². The van der Waals surface area contributed by atoms with Crippen LogP contribution >= 0.6 is 46.0 Å². The third-order valence-electron chi connectivity index (χ3n) is 7.01. The summed E-state index contributed by atoms with van der Waals surface area (Å²) in [7, 11) is 3.17.